The average molecular weight is 168 g/mol. The first-order chi connectivity index (χ1) is 5.71. The van der Waals surface area contributed by atoms with Crippen molar-refractivity contribution in [1.82, 2.24) is 4.90 Å². The highest BCUT2D eigenvalue weighted by Gasteiger charge is 2.39. The molecule has 1 aliphatic heterocycles. The maximum absolute atomic E-state index is 5.96. The van der Waals surface area contributed by atoms with Gasteiger partial charge in [0.1, 0.15) is 0 Å². The van der Waals surface area contributed by atoms with Crippen LogP contribution in [0, 0.1) is 0 Å². The molecule has 0 aromatic heterocycles. The summed E-state index contributed by atoms with van der Waals surface area (Å²) < 4.78 is 0. The van der Waals surface area contributed by atoms with Crippen LogP contribution in [-0.4, -0.2) is 29.6 Å². The summed E-state index contributed by atoms with van der Waals surface area (Å²) in [4.78, 5) is 2.62. The van der Waals surface area contributed by atoms with Gasteiger partial charge in [0.05, 0.1) is 0 Å². The predicted molar refractivity (Wildman–Crippen MR) is 51.0 cm³/mol. The Morgan fingerprint density at radius 2 is 2.08 bits per heavy atom. The van der Waals surface area contributed by atoms with Crippen molar-refractivity contribution in [3.05, 3.63) is 0 Å². The lowest BCUT2D eigenvalue weighted by molar-refractivity contribution is 0.0118. The van der Waals surface area contributed by atoms with E-state index in [2.05, 4.69) is 11.8 Å². The summed E-state index contributed by atoms with van der Waals surface area (Å²) in [5.41, 5.74) is 6.48. The third kappa shape index (κ3) is 1.38. The molecule has 2 rings (SSSR count). The normalized spacial score (nSPS) is 36.0. The van der Waals surface area contributed by atoms with Crippen LogP contribution in [0.1, 0.15) is 39.0 Å². The molecule has 1 saturated carbocycles. The summed E-state index contributed by atoms with van der Waals surface area (Å²) in [7, 11) is 0. The third-order valence-corrected chi connectivity index (χ3v) is 3.65. The fraction of sp³-hybridized carbons (Fsp3) is 1.00. The maximum atomic E-state index is 5.96. The summed E-state index contributed by atoms with van der Waals surface area (Å²) in [5.74, 6) is 0. The first-order valence-electron chi connectivity index (χ1n) is 5.21. The van der Waals surface area contributed by atoms with Gasteiger partial charge in [-0.15, -0.1) is 0 Å². The number of nitrogens with zero attached hydrogens (tertiary/aromatic N) is 1. The van der Waals surface area contributed by atoms with E-state index in [1.165, 1.54) is 38.6 Å². The summed E-state index contributed by atoms with van der Waals surface area (Å²) in [5, 5.41) is 0. The van der Waals surface area contributed by atoms with Crippen molar-refractivity contribution >= 4 is 0 Å². The smallest absolute Gasteiger partial charge is 0.0182 e. The minimum absolute atomic E-state index is 0.441. The molecule has 1 unspecified atom stereocenters. The standard InChI is InChI=1S/C10H20N2/c1-10(5-3-6-10)12-7-2-4-9(11)8-12/h9H,2-8,11H2,1H3. The number of hydrogen-bond acceptors (Lipinski definition) is 2. The molecule has 2 heteroatoms. The zero-order chi connectivity index (χ0) is 8.60. The molecule has 2 fully saturated rings. The molecule has 1 atom stereocenters. The zero-order valence-corrected chi connectivity index (χ0v) is 8.05. The lowest BCUT2D eigenvalue weighted by Crippen LogP contribution is -2.57. The monoisotopic (exact) mass is 168 g/mol. The Hall–Kier alpha value is -0.0800. The van der Waals surface area contributed by atoms with Crippen LogP contribution in [0.5, 0.6) is 0 Å². The third-order valence-electron chi connectivity index (χ3n) is 3.65. The van der Waals surface area contributed by atoms with Crippen molar-refractivity contribution in [2.45, 2.75) is 50.6 Å². The van der Waals surface area contributed by atoms with Gasteiger partial charge in [-0.05, 0) is 45.6 Å². The molecule has 0 spiro atoms. The molecule has 2 N–H and O–H groups in total. The lowest BCUT2D eigenvalue weighted by Gasteiger charge is -2.50. The van der Waals surface area contributed by atoms with Crippen LogP contribution in [0.2, 0.25) is 0 Å². The molecule has 2 aliphatic rings. The largest absolute Gasteiger partial charge is 0.327 e. The van der Waals surface area contributed by atoms with Crippen molar-refractivity contribution < 1.29 is 0 Å². The molecule has 70 valence electrons. The van der Waals surface area contributed by atoms with Crippen LogP contribution in [-0.2, 0) is 0 Å². The topological polar surface area (TPSA) is 29.3 Å². The molecule has 12 heavy (non-hydrogen) atoms. The Morgan fingerprint density at radius 1 is 1.33 bits per heavy atom. The van der Waals surface area contributed by atoms with Crippen molar-refractivity contribution in [1.29, 1.82) is 0 Å². The van der Waals surface area contributed by atoms with Gasteiger partial charge in [0.2, 0.25) is 0 Å². The van der Waals surface area contributed by atoms with E-state index in [1.54, 1.807) is 0 Å². The molecule has 0 aromatic rings. The van der Waals surface area contributed by atoms with Gasteiger partial charge in [-0.25, -0.2) is 0 Å². The molecule has 0 bridgehead atoms. The van der Waals surface area contributed by atoms with Gasteiger partial charge in [0.15, 0.2) is 0 Å². The Kier molecular flexibility index (Phi) is 2.13. The lowest BCUT2D eigenvalue weighted by atomic mass is 9.76. The second-order valence-corrected chi connectivity index (χ2v) is 4.70. The Morgan fingerprint density at radius 3 is 2.58 bits per heavy atom. The van der Waals surface area contributed by atoms with Gasteiger partial charge >= 0.3 is 0 Å². The molecule has 2 nitrogen and oxygen atoms in total. The van der Waals surface area contributed by atoms with Gasteiger partial charge in [-0.2, -0.15) is 0 Å². The van der Waals surface area contributed by atoms with E-state index in [0.29, 0.717) is 11.6 Å². The first-order valence-corrected chi connectivity index (χ1v) is 5.21. The van der Waals surface area contributed by atoms with Crippen molar-refractivity contribution in [2.24, 2.45) is 5.73 Å². The Balaban J connectivity index is 1.94. The molecular weight excluding hydrogens is 148 g/mol. The van der Waals surface area contributed by atoms with Gasteiger partial charge in [0.25, 0.3) is 0 Å². The fourth-order valence-electron chi connectivity index (χ4n) is 2.50. The predicted octanol–water partition coefficient (Wildman–Crippen LogP) is 1.35. The minimum atomic E-state index is 0.441. The van der Waals surface area contributed by atoms with Crippen molar-refractivity contribution in [3.63, 3.8) is 0 Å². The Bertz CT molecular complexity index is 163. The molecular formula is C10H20N2. The van der Waals surface area contributed by atoms with Crippen LogP contribution in [0.3, 0.4) is 0 Å². The second kappa shape index (κ2) is 3.00. The van der Waals surface area contributed by atoms with Crippen LogP contribution in [0.4, 0.5) is 0 Å². The van der Waals surface area contributed by atoms with Gasteiger partial charge < -0.3 is 5.73 Å². The Labute approximate surface area is 75.1 Å². The number of nitrogens with two attached hydrogens (primary N) is 1. The molecule has 1 aliphatic carbocycles. The number of rotatable bonds is 1. The van der Waals surface area contributed by atoms with Crippen LogP contribution in [0.15, 0.2) is 0 Å². The summed E-state index contributed by atoms with van der Waals surface area (Å²) in [6.07, 6.45) is 6.73. The molecule has 0 aromatic carbocycles. The highest BCUT2D eigenvalue weighted by molar-refractivity contribution is 4.96. The number of hydrogen-bond donors (Lipinski definition) is 1. The average Bonchev–Trinajstić information content (AvgIpc) is 2.00. The number of likely N-dealkylation sites (tertiary alicyclic amines) is 1. The van der Waals surface area contributed by atoms with Crippen LogP contribution in [0.25, 0.3) is 0 Å². The summed E-state index contributed by atoms with van der Waals surface area (Å²) >= 11 is 0. The van der Waals surface area contributed by atoms with E-state index in [4.69, 9.17) is 5.73 Å². The van der Waals surface area contributed by atoms with E-state index in [0.717, 1.165) is 6.54 Å². The van der Waals surface area contributed by atoms with Gasteiger partial charge in [-0.1, -0.05) is 0 Å². The van der Waals surface area contributed by atoms with E-state index < -0.39 is 0 Å². The van der Waals surface area contributed by atoms with Crippen molar-refractivity contribution in [3.8, 4) is 0 Å². The van der Waals surface area contributed by atoms with E-state index >= 15 is 0 Å². The minimum Gasteiger partial charge on any atom is -0.327 e. The highest BCUT2D eigenvalue weighted by atomic mass is 15.2. The van der Waals surface area contributed by atoms with Crippen molar-refractivity contribution in [2.75, 3.05) is 13.1 Å². The van der Waals surface area contributed by atoms with Gasteiger partial charge in [0, 0.05) is 18.1 Å². The fourth-order valence-corrected chi connectivity index (χ4v) is 2.50. The molecule has 0 radical (unpaired) electrons. The first kappa shape index (κ1) is 8.52. The van der Waals surface area contributed by atoms with E-state index in [1.807, 2.05) is 0 Å². The maximum Gasteiger partial charge on any atom is 0.0182 e. The molecule has 0 amide bonds. The van der Waals surface area contributed by atoms with E-state index in [9.17, 15) is 0 Å². The zero-order valence-electron chi connectivity index (χ0n) is 8.05. The SMILES string of the molecule is CC1(N2CCCC(N)C2)CCC1. The van der Waals surface area contributed by atoms with Crippen LogP contribution >= 0.6 is 0 Å². The highest BCUT2D eigenvalue weighted by Crippen LogP contribution is 2.38. The summed E-state index contributed by atoms with van der Waals surface area (Å²) in [6.45, 7) is 4.81. The van der Waals surface area contributed by atoms with Crippen LogP contribution < -0.4 is 5.73 Å². The van der Waals surface area contributed by atoms with Gasteiger partial charge in [-0.3, -0.25) is 4.90 Å². The summed E-state index contributed by atoms with van der Waals surface area (Å²) in [6, 6.07) is 0.441. The molecule has 1 heterocycles. The number of piperidine rings is 1. The van der Waals surface area contributed by atoms with E-state index in [-0.39, 0.29) is 0 Å². The quantitative estimate of drug-likeness (QED) is 0.640. The molecule has 1 saturated heterocycles. The second-order valence-electron chi connectivity index (χ2n) is 4.70.